The molecule has 0 unspecified atom stereocenters. The number of ketones is 1. The lowest BCUT2D eigenvalue weighted by molar-refractivity contribution is -0.151. The molecule has 10 heteroatoms. The Morgan fingerprint density at radius 1 is 1.28 bits per heavy atom. The number of phenolic OH excluding ortho intramolecular Hbond substituents is 1. The molecule has 0 fully saturated rings. The van der Waals surface area contributed by atoms with Crippen molar-refractivity contribution in [3.63, 3.8) is 0 Å². The van der Waals surface area contributed by atoms with Gasteiger partial charge in [0.2, 0.25) is 0 Å². The van der Waals surface area contributed by atoms with Crippen molar-refractivity contribution < 1.29 is 33.7 Å². The van der Waals surface area contributed by atoms with Gasteiger partial charge in [0, 0.05) is 28.6 Å². The molecule has 1 aliphatic heterocycles. The van der Waals surface area contributed by atoms with Crippen molar-refractivity contribution in [3.05, 3.63) is 45.3 Å². The number of nitrogens with one attached hydrogen (secondary N) is 1. The van der Waals surface area contributed by atoms with Crippen LogP contribution in [0.15, 0.2) is 34.7 Å². The molecule has 8 nitrogen and oxygen atoms in total. The number of hydrogen-bond acceptors (Lipinski definition) is 9. The summed E-state index contributed by atoms with van der Waals surface area (Å²) in [5, 5.41) is 13.6. The molecule has 0 saturated carbocycles. The topological polar surface area (TPSA) is 111 Å². The van der Waals surface area contributed by atoms with Gasteiger partial charge in [0.05, 0.1) is 24.3 Å². The van der Waals surface area contributed by atoms with Crippen molar-refractivity contribution in [2.24, 2.45) is 11.8 Å². The van der Waals surface area contributed by atoms with Gasteiger partial charge in [-0.1, -0.05) is 25.4 Å². The average molecular weight is 538 g/mol. The van der Waals surface area contributed by atoms with Crippen LogP contribution in [0.1, 0.15) is 45.6 Å². The highest BCUT2D eigenvalue weighted by atomic mass is 35.5. The van der Waals surface area contributed by atoms with E-state index >= 15 is 0 Å². The van der Waals surface area contributed by atoms with Gasteiger partial charge in [0.1, 0.15) is 12.5 Å². The fraction of sp³-hybridized carbons (Fsp3) is 0.500. The second-order valence-corrected chi connectivity index (χ2v) is 10.5. The summed E-state index contributed by atoms with van der Waals surface area (Å²) < 4.78 is 16.1. The molecule has 0 radical (unpaired) electrons. The Hall–Kier alpha value is -2.65. The molecule has 0 saturated heterocycles. The SMILES string of the molecule is CCOc1cc([C@@H]2C(C(=O)OCCSCC)=C(C)NC3=C2C(=O)[C@H](C(=O)OC)[C@H](C)C3)cc(Cl)c1O. The number of hydrogen-bond donors (Lipinski definition) is 2. The maximum absolute atomic E-state index is 13.8. The molecule has 0 aromatic heterocycles. The first-order valence-corrected chi connectivity index (χ1v) is 13.4. The van der Waals surface area contributed by atoms with Crippen LogP contribution in [0.3, 0.4) is 0 Å². The first-order chi connectivity index (χ1) is 17.2. The third-order valence-corrected chi connectivity index (χ3v) is 7.46. The van der Waals surface area contributed by atoms with E-state index in [0.29, 0.717) is 29.1 Å². The highest BCUT2D eigenvalue weighted by molar-refractivity contribution is 7.99. The third-order valence-electron chi connectivity index (χ3n) is 6.31. The van der Waals surface area contributed by atoms with Gasteiger partial charge < -0.3 is 24.6 Å². The number of halogens is 1. The summed E-state index contributed by atoms with van der Waals surface area (Å²) in [6.07, 6.45) is 0.411. The number of methoxy groups -OCH3 is 1. The number of Topliss-reactive ketones (excluding diaryl/α,β-unsaturated/α-hetero) is 1. The molecule has 0 spiro atoms. The second-order valence-electron chi connectivity index (χ2n) is 8.65. The molecule has 3 atom stereocenters. The predicted molar refractivity (Wildman–Crippen MR) is 138 cm³/mol. The molecule has 3 rings (SSSR count). The van der Waals surface area contributed by atoms with E-state index in [0.717, 1.165) is 5.75 Å². The van der Waals surface area contributed by atoms with Crippen LogP contribution in [0.4, 0.5) is 0 Å². The number of carbonyl (C=O) groups excluding carboxylic acids is 3. The number of aromatic hydroxyl groups is 1. The zero-order valence-electron chi connectivity index (χ0n) is 21.1. The van der Waals surface area contributed by atoms with Crippen molar-refractivity contribution in [3.8, 4) is 11.5 Å². The number of ether oxygens (including phenoxy) is 3. The lowest BCUT2D eigenvalue weighted by Gasteiger charge is -2.38. The smallest absolute Gasteiger partial charge is 0.336 e. The summed E-state index contributed by atoms with van der Waals surface area (Å²) in [6.45, 7) is 7.84. The van der Waals surface area contributed by atoms with Gasteiger partial charge in [-0.15, -0.1) is 0 Å². The van der Waals surface area contributed by atoms with Crippen molar-refractivity contribution in [2.45, 2.75) is 40.0 Å². The maximum Gasteiger partial charge on any atom is 0.336 e. The third kappa shape index (κ3) is 5.52. The number of benzene rings is 1. The van der Waals surface area contributed by atoms with Crippen LogP contribution in [0.2, 0.25) is 5.02 Å². The van der Waals surface area contributed by atoms with E-state index in [-0.39, 0.29) is 46.8 Å². The largest absolute Gasteiger partial charge is 0.503 e. The molecule has 1 aromatic rings. The molecule has 1 aromatic carbocycles. The molecule has 0 amide bonds. The fourth-order valence-electron chi connectivity index (χ4n) is 4.73. The van der Waals surface area contributed by atoms with Crippen LogP contribution in [-0.4, -0.2) is 54.7 Å². The van der Waals surface area contributed by atoms with Gasteiger partial charge in [-0.25, -0.2) is 4.79 Å². The zero-order valence-corrected chi connectivity index (χ0v) is 22.7. The molecule has 196 valence electrons. The molecule has 1 heterocycles. The molecule has 2 aliphatic rings. The Balaban J connectivity index is 2.17. The van der Waals surface area contributed by atoms with E-state index in [2.05, 4.69) is 5.32 Å². The highest BCUT2D eigenvalue weighted by Gasteiger charge is 2.47. The van der Waals surface area contributed by atoms with Gasteiger partial charge >= 0.3 is 11.9 Å². The number of esters is 2. The van der Waals surface area contributed by atoms with Gasteiger partial charge in [-0.3, -0.25) is 9.59 Å². The standard InChI is InChI=1S/C26H32ClNO7S/c1-6-34-18-12-15(11-16(27)23(18)29)21-20(26(32)35-8-9-36-7-2)14(4)28-17-10-13(3)19(25(31)33-5)24(30)22(17)21/h11-13,19,21,28-29H,6-10H2,1-5H3/t13-,19-,21-/m1/s1. The second kappa shape index (κ2) is 12.1. The van der Waals surface area contributed by atoms with Crippen molar-refractivity contribution in [1.29, 1.82) is 0 Å². The molecule has 36 heavy (non-hydrogen) atoms. The summed E-state index contributed by atoms with van der Waals surface area (Å²) in [5.41, 5.74) is 2.18. The lowest BCUT2D eigenvalue weighted by atomic mass is 9.69. The van der Waals surface area contributed by atoms with Gasteiger partial charge in [-0.05, 0) is 49.6 Å². The molecular formula is C26H32ClNO7S. The van der Waals surface area contributed by atoms with Gasteiger partial charge in [0.25, 0.3) is 0 Å². The first-order valence-electron chi connectivity index (χ1n) is 11.9. The van der Waals surface area contributed by atoms with Crippen LogP contribution in [-0.2, 0) is 23.9 Å². The van der Waals surface area contributed by atoms with Gasteiger partial charge in [-0.2, -0.15) is 11.8 Å². The summed E-state index contributed by atoms with van der Waals surface area (Å²) in [7, 11) is 1.25. The fourth-order valence-corrected chi connectivity index (χ4v) is 5.43. The number of allylic oxidation sites excluding steroid dienone is 3. The summed E-state index contributed by atoms with van der Waals surface area (Å²) >= 11 is 7.98. The first kappa shape index (κ1) is 27.9. The summed E-state index contributed by atoms with van der Waals surface area (Å²) in [6, 6.07) is 3.07. The number of rotatable bonds is 9. The van der Waals surface area contributed by atoms with E-state index < -0.39 is 29.6 Å². The molecule has 0 bridgehead atoms. The molecule has 1 aliphatic carbocycles. The molecular weight excluding hydrogens is 506 g/mol. The Kier molecular flexibility index (Phi) is 9.35. The minimum absolute atomic E-state index is 0.0162. The number of phenols is 1. The number of dihydropyridines is 1. The monoisotopic (exact) mass is 537 g/mol. The minimum Gasteiger partial charge on any atom is -0.503 e. The van der Waals surface area contributed by atoms with E-state index in [9.17, 15) is 19.5 Å². The van der Waals surface area contributed by atoms with E-state index in [1.54, 1.807) is 31.7 Å². The quantitative estimate of drug-likeness (QED) is 0.269. The minimum atomic E-state index is -1.01. The lowest BCUT2D eigenvalue weighted by Crippen LogP contribution is -2.43. The Morgan fingerprint density at radius 2 is 2.00 bits per heavy atom. The Morgan fingerprint density at radius 3 is 2.64 bits per heavy atom. The molecule has 2 N–H and O–H groups in total. The van der Waals surface area contributed by atoms with Crippen LogP contribution >= 0.6 is 23.4 Å². The van der Waals surface area contributed by atoms with Crippen LogP contribution in [0.5, 0.6) is 11.5 Å². The van der Waals surface area contributed by atoms with Crippen molar-refractivity contribution in [2.75, 3.05) is 31.8 Å². The zero-order chi connectivity index (χ0) is 26.6. The summed E-state index contributed by atoms with van der Waals surface area (Å²) in [4.78, 5) is 39.7. The van der Waals surface area contributed by atoms with E-state index in [1.165, 1.54) is 13.2 Å². The average Bonchev–Trinajstić information content (AvgIpc) is 2.83. The normalized spacial score (nSPS) is 21.6. The number of carbonyl (C=O) groups is 3. The Labute approximate surface area is 220 Å². The van der Waals surface area contributed by atoms with Crippen molar-refractivity contribution >= 4 is 41.1 Å². The highest BCUT2D eigenvalue weighted by Crippen LogP contribution is 2.48. The van der Waals surface area contributed by atoms with E-state index in [1.807, 2.05) is 13.8 Å². The van der Waals surface area contributed by atoms with Crippen LogP contribution in [0.25, 0.3) is 0 Å². The van der Waals surface area contributed by atoms with Crippen LogP contribution < -0.4 is 10.1 Å². The predicted octanol–water partition coefficient (Wildman–Crippen LogP) is 4.35. The van der Waals surface area contributed by atoms with Crippen LogP contribution in [0, 0.1) is 11.8 Å². The van der Waals surface area contributed by atoms with Crippen molar-refractivity contribution in [1.82, 2.24) is 5.32 Å². The summed E-state index contributed by atoms with van der Waals surface area (Å²) in [5.74, 6) is -2.37. The Bertz CT molecular complexity index is 1110. The number of thioether (sulfide) groups is 1. The maximum atomic E-state index is 13.8. The van der Waals surface area contributed by atoms with Gasteiger partial charge in [0.15, 0.2) is 17.3 Å². The van der Waals surface area contributed by atoms with E-state index in [4.69, 9.17) is 25.8 Å².